The van der Waals surface area contributed by atoms with Crippen LogP contribution >= 0.6 is 0 Å². The van der Waals surface area contributed by atoms with Gasteiger partial charge in [-0.1, -0.05) is 6.07 Å². The SMILES string of the molecule is COc1cccc(C(=O)NCC(=O)OCC(=O)c2cc(C)n(-c3ccc4c(c3)OCCO4)c2C)c1. The van der Waals surface area contributed by atoms with E-state index in [1.807, 2.05) is 36.6 Å². The van der Waals surface area contributed by atoms with Crippen molar-refractivity contribution in [1.82, 2.24) is 9.88 Å². The van der Waals surface area contributed by atoms with Gasteiger partial charge in [0, 0.05) is 34.3 Å². The fraction of sp³-hybridized carbons (Fsp3) is 0.269. The molecule has 0 saturated heterocycles. The molecule has 0 aliphatic carbocycles. The number of ketones is 1. The zero-order valence-corrected chi connectivity index (χ0v) is 19.8. The molecule has 4 rings (SSSR count). The summed E-state index contributed by atoms with van der Waals surface area (Å²) in [6.45, 7) is 3.91. The standard InChI is InChI=1S/C26H26N2O7/c1-16-11-21(17(2)28(16)19-7-8-23-24(13-19)34-10-9-33-23)22(29)15-35-25(30)14-27-26(31)18-5-4-6-20(12-18)32-3/h4-8,11-13H,9-10,14-15H2,1-3H3,(H,27,31). The van der Waals surface area contributed by atoms with E-state index < -0.39 is 18.5 Å². The molecule has 0 spiro atoms. The summed E-state index contributed by atoms with van der Waals surface area (Å²) < 4.78 is 23.4. The first kappa shape index (κ1) is 23.9. The van der Waals surface area contributed by atoms with Gasteiger partial charge in [0.15, 0.2) is 18.1 Å². The van der Waals surface area contributed by atoms with E-state index in [1.165, 1.54) is 7.11 Å². The fourth-order valence-electron chi connectivity index (χ4n) is 3.91. The van der Waals surface area contributed by atoms with E-state index >= 15 is 0 Å². The molecule has 182 valence electrons. The van der Waals surface area contributed by atoms with Crippen LogP contribution in [0.3, 0.4) is 0 Å². The molecule has 9 heteroatoms. The topological polar surface area (TPSA) is 105 Å². The Bertz CT molecular complexity index is 1280. The van der Waals surface area contributed by atoms with Crippen molar-refractivity contribution in [2.24, 2.45) is 0 Å². The van der Waals surface area contributed by atoms with E-state index in [0.717, 1.165) is 11.4 Å². The molecule has 3 aromatic rings. The van der Waals surface area contributed by atoms with Gasteiger partial charge in [0.1, 0.15) is 25.5 Å². The smallest absolute Gasteiger partial charge is 0.325 e. The minimum atomic E-state index is -0.713. The molecule has 1 N–H and O–H groups in total. The van der Waals surface area contributed by atoms with Crippen molar-refractivity contribution < 1.29 is 33.3 Å². The quantitative estimate of drug-likeness (QED) is 0.392. The highest BCUT2D eigenvalue weighted by Crippen LogP contribution is 2.33. The number of aryl methyl sites for hydroxylation is 1. The maximum absolute atomic E-state index is 12.8. The molecule has 9 nitrogen and oxygen atoms in total. The number of methoxy groups -OCH3 is 1. The molecule has 2 heterocycles. The first-order valence-corrected chi connectivity index (χ1v) is 11.1. The summed E-state index contributed by atoms with van der Waals surface area (Å²) in [6, 6.07) is 13.9. The van der Waals surface area contributed by atoms with Gasteiger partial charge in [0.25, 0.3) is 5.91 Å². The van der Waals surface area contributed by atoms with Crippen LogP contribution in [0.1, 0.15) is 32.1 Å². The lowest BCUT2D eigenvalue weighted by Crippen LogP contribution is -2.31. The summed E-state index contributed by atoms with van der Waals surface area (Å²) in [5.41, 5.74) is 3.19. The number of Topliss-reactive ketones (excluding diaryl/α,β-unsaturated/α-hetero) is 1. The molecular weight excluding hydrogens is 452 g/mol. The predicted octanol–water partition coefficient (Wildman–Crippen LogP) is 3.03. The molecule has 0 bridgehead atoms. The lowest BCUT2D eigenvalue weighted by atomic mass is 10.1. The number of fused-ring (bicyclic) bond motifs is 1. The monoisotopic (exact) mass is 478 g/mol. The van der Waals surface area contributed by atoms with Gasteiger partial charge in [-0.3, -0.25) is 14.4 Å². The molecule has 0 saturated carbocycles. The van der Waals surface area contributed by atoms with E-state index in [0.29, 0.717) is 47.3 Å². The second-order valence-corrected chi connectivity index (χ2v) is 7.95. The lowest BCUT2D eigenvalue weighted by Gasteiger charge is -2.20. The van der Waals surface area contributed by atoms with Crippen LogP contribution in [0.5, 0.6) is 17.2 Å². The van der Waals surface area contributed by atoms with Gasteiger partial charge in [0.2, 0.25) is 5.78 Å². The van der Waals surface area contributed by atoms with Crippen molar-refractivity contribution >= 4 is 17.7 Å². The Hall–Kier alpha value is -4.27. The van der Waals surface area contributed by atoms with Crippen LogP contribution in [0.25, 0.3) is 5.69 Å². The first-order chi connectivity index (χ1) is 16.9. The van der Waals surface area contributed by atoms with Crippen LogP contribution < -0.4 is 19.5 Å². The highest BCUT2D eigenvalue weighted by Gasteiger charge is 2.20. The zero-order chi connectivity index (χ0) is 24.9. The first-order valence-electron chi connectivity index (χ1n) is 11.1. The number of hydrogen-bond donors (Lipinski definition) is 1. The lowest BCUT2D eigenvalue weighted by molar-refractivity contribution is -0.141. The van der Waals surface area contributed by atoms with Crippen LogP contribution in [-0.2, 0) is 9.53 Å². The molecule has 1 aliphatic heterocycles. The Morgan fingerprint density at radius 1 is 1.00 bits per heavy atom. The number of rotatable bonds is 8. The zero-order valence-electron chi connectivity index (χ0n) is 19.8. The molecule has 0 unspecified atom stereocenters. The highest BCUT2D eigenvalue weighted by molar-refractivity contribution is 6.00. The summed E-state index contributed by atoms with van der Waals surface area (Å²) in [4.78, 5) is 37.1. The van der Waals surface area contributed by atoms with E-state index in [4.69, 9.17) is 18.9 Å². The summed E-state index contributed by atoms with van der Waals surface area (Å²) in [5, 5.41) is 2.48. The van der Waals surface area contributed by atoms with Crippen LogP contribution in [0, 0.1) is 13.8 Å². The number of aromatic nitrogens is 1. The van der Waals surface area contributed by atoms with E-state index in [-0.39, 0.29) is 12.3 Å². The second-order valence-electron chi connectivity index (χ2n) is 7.95. The molecule has 1 aromatic heterocycles. The van der Waals surface area contributed by atoms with Crippen molar-refractivity contribution in [2.45, 2.75) is 13.8 Å². The minimum absolute atomic E-state index is 0.339. The number of amides is 1. The minimum Gasteiger partial charge on any atom is -0.497 e. The Balaban J connectivity index is 1.36. The molecule has 1 amide bonds. The predicted molar refractivity (Wildman–Crippen MR) is 127 cm³/mol. The fourth-order valence-corrected chi connectivity index (χ4v) is 3.91. The number of hydrogen-bond acceptors (Lipinski definition) is 7. The Morgan fingerprint density at radius 2 is 1.77 bits per heavy atom. The molecule has 0 atom stereocenters. The number of nitrogens with zero attached hydrogens (tertiary/aromatic N) is 1. The van der Waals surface area contributed by atoms with E-state index in [9.17, 15) is 14.4 Å². The van der Waals surface area contributed by atoms with Gasteiger partial charge < -0.3 is 28.8 Å². The number of ether oxygens (including phenoxy) is 4. The number of carbonyl (C=O) groups is 3. The van der Waals surface area contributed by atoms with Crippen LogP contribution in [0.2, 0.25) is 0 Å². The molecule has 0 fully saturated rings. The van der Waals surface area contributed by atoms with Crippen molar-refractivity contribution in [3.63, 3.8) is 0 Å². The average molecular weight is 479 g/mol. The van der Waals surface area contributed by atoms with Gasteiger partial charge in [-0.25, -0.2) is 0 Å². The summed E-state index contributed by atoms with van der Waals surface area (Å²) in [6.07, 6.45) is 0. The summed E-state index contributed by atoms with van der Waals surface area (Å²) in [7, 11) is 1.50. The molecule has 1 aliphatic rings. The molecule has 35 heavy (non-hydrogen) atoms. The van der Waals surface area contributed by atoms with Crippen molar-refractivity contribution in [3.8, 4) is 22.9 Å². The summed E-state index contributed by atoms with van der Waals surface area (Å²) in [5.74, 6) is 0.364. The van der Waals surface area contributed by atoms with Gasteiger partial charge in [-0.15, -0.1) is 0 Å². The number of nitrogens with one attached hydrogen (secondary N) is 1. The van der Waals surface area contributed by atoms with Crippen LogP contribution in [-0.4, -0.2) is 55.7 Å². The van der Waals surface area contributed by atoms with Crippen molar-refractivity contribution in [3.05, 3.63) is 71.0 Å². The van der Waals surface area contributed by atoms with Crippen molar-refractivity contribution in [1.29, 1.82) is 0 Å². The van der Waals surface area contributed by atoms with Crippen LogP contribution in [0.15, 0.2) is 48.5 Å². The average Bonchev–Trinajstić information content (AvgIpc) is 3.19. The largest absolute Gasteiger partial charge is 0.497 e. The van der Waals surface area contributed by atoms with Crippen molar-refractivity contribution in [2.75, 3.05) is 33.5 Å². The molecular formula is C26H26N2O7. The van der Waals surface area contributed by atoms with E-state index in [2.05, 4.69) is 5.32 Å². The number of carbonyl (C=O) groups excluding carboxylic acids is 3. The Labute approximate surface area is 202 Å². The number of benzene rings is 2. The highest BCUT2D eigenvalue weighted by atomic mass is 16.6. The second kappa shape index (κ2) is 10.3. The van der Waals surface area contributed by atoms with Gasteiger partial charge in [0.05, 0.1) is 7.11 Å². The normalized spacial score (nSPS) is 12.1. The van der Waals surface area contributed by atoms with Gasteiger partial charge in [-0.05, 0) is 50.2 Å². The molecule has 2 aromatic carbocycles. The third kappa shape index (κ3) is 5.29. The maximum atomic E-state index is 12.8. The Morgan fingerprint density at radius 3 is 2.54 bits per heavy atom. The maximum Gasteiger partial charge on any atom is 0.325 e. The van der Waals surface area contributed by atoms with E-state index in [1.54, 1.807) is 30.3 Å². The van der Waals surface area contributed by atoms with Gasteiger partial charge >= 0.3 is 5.97 Å². The summed E-state index contributed by atoms with van der Waals surface area (Å²) >= 11 is 0. The molecule has 0 radical (unpaired) electrons. The third-order valence-electron chi connectivity index (χ3n) is 5.60. The van der Waals surface area contributed by atoms with Crippen LogP contribution in [0.4, 0.5) is 0 Å². The third-order valence-corrected chi connectivity index (χ3v) is 5.60. The number of esters is 1. The van der Waals surface area contributed by atoms with Gasteiger partial charge in [-0.2, -0.15) is 0 Å². The Kier molecular flexibility index (Phi) is 7.05.